The number of hydrogen-bond donors (Lipinski definition) is 0. The third-order valence-corrected chi connectivity index (χ3v) is 4.48. The molecule has 0 fully saturated rings. The van der Waals surface area contributed by atoms with Gasteiger partial charge in [-0.1, -0.05) is 24.3 Å². The molecule has 6 nitrogen and oxygen atoms in total. The number of carbonyl (C=O) groups excluding carboxylic acids is 2. The van der Waals surface area contributed by atoms with Crippen LogP contribution in [0.2, 0.25) is 0 Å². The predicted molar refractivity (Wildman–Crippen MR) is 103 cm³/mol. The van der Waals surface area contributed by atoms with Crippen LogP contribution in [0.3, 0.4) is 0 Å². The van der Waals surface area contributed by atoms with Crippen LogP contribution in [0.15, 0.2) is 48.4 Å². The molecule has 152 valence electrons. The number of pyridine rings is 1. The van der Waals surface area contributed by atoms with Crippen LogP contribution < -0.4 is 4.74 Å². The lowest BCUT2D eigenvalue weighted by Gasteiger charge is -2.14. The van der Waals surface area contributed by atoms with Crippen molar-refractivity contribution in [1.82, 2.24) is 4.98 Å². The van der Waals surface area contributed by atoms with E-state index in [-0.39, 0.29) is 30.6 Å². The number of ether oxygens (including phenoxy) is 3. The highest BCUT2D eigenvalue weighted by molar-refractivity contribution is 6.24. The van der Waals surface area contributed by atoms with E-state index in [2.05, 4.69) is 4.98 Å². The number of halogens is 1. The van der Waals surface area contributed by atoms with E-state index < -0.39 is 23.3 Å². The van der Waals surface area contributed by atoms with Crippen molar-refractivity contribution < 1.29 is 28.2 Å². The highest BCUT2D eigenvalue weighted by atomic mass is 19.1. The van der Waals surface area contributed by atoms with Crippen LogP contribution in [0.5, 0.6) is 5.75 Å². The summed E-state index contributed by atoms with van der Waals surface area (Å²) < 4.78 is 30.1. The molecule has 0 aliphatic heterocycles. The first-order valence-corrected chi connectivity index (χ1v) is 9.46. The Balaban J connectivity index is 1.81. The molecule has 0 saturated heterocycles. The SMILES string of the molecule is CCO/C=C(\C(=O)OCC)C(=O)c1cc(OC2Cc3ccccc3C2)cnc1F. The molecule has 0 radical (unpaired) electrons. The Kier molecular flexibility index (Phi) is 6.59. The van der Waals surface area contributed by atoms with E-state index in [1.807, 2.05) is 24.3 Å². The molecule has 0 unspecified atom stereocenters. The van der Waals surface area contributed by atoms with Gasteiger partial charge in [0.1, 0.15) is 23.7 Å². The Bertz CT molecular complexity index is 916. The highest BCUT2D eigenvalue weighted by Crippen LogP contribution is 2.26. The van der Waals surface area contributed by atoms with Gasteiger partial charge in [-0.05, 0) is 31.0 Å². The number of ketones is 1. The number of fused-ring (bicyclic) bond motifs is 1. The molecule has 2 aromatic rings. The van der Waals surface area contributed by atoms with E-state index in [9.17, 15) is 14.0 Å². The number of Topliss-reactive ketones (excluding diaryl/α,β-unsaturated/α-hetero) is 1. The number of esters is 1. The Morgan fingerprint density at radius 1 is 1.17 bits per heavy atom. The van der Waals surface area contributed by atoms with Gasteiger partial charge < -0.3 is 14.2 Å². The van der Waals surface area contributed by atoms with E-state index in [1.165, 1.54) is 23.4 Å². The zero-order valence-electron chi connectivity index (χ0n) is 16.3. The number of nitrogens with zero attached hydrogens (tertiary/aromatic N) is 1. The van der Waals surface area contributed by atoms with E-state index in [0.717, 1.165) is 19.1 Å². The van der Waals surface area contributed by atoms with Crippen LogP contribution in [0.25, 0.3) is 0 Å². The van der Waals surface area contributed by atoms with Gasteiger partial charge in [0.25, 0.3) is 0 Å². The lowest BCUT2D eigenvalue weighted by Crippen LogP contribution is -2.20. The van der Waals surface area contributed by atoms with Crippen molar-refractivity contribution in [2.45, 2.75) is 32.8 Å². The Labute approximate surface area is 168 Å². The largest absolute Gasteiger partial charge is 0.500 e. The van der Waals surface area contributed by atoms with Gasteiger partial charge in [-0.2, -0.15) is 4.39 Å². The van der Waals surface area contributed by atoms with Crippen molar-refractivity contribution in [3.05, 3.63) is 71.0 Å². The summed E-state index contributed by atoms with van der Waals surface area (Å²) in [5.41, 5.74) is 1.62. The third-order valence-electron chi connectivity index (χ3n) is 4.48. The first kappa shape index (κ1) is 20.5. The van der Waals surface area contributed by atoms with Crippen LogP contribution in [-0.2, 0) is 27.1 Å². The van der Waals surface area contributed by atoms with Crippen molar-refractivity contribution in [1.29, 1.82) is 0 Å². The van der Waals surface area contributed by atoms with Gasteiger partial charge in [-0.25, -0.2) is 9.78 Å². The fraction of sp³-hybridized carbons (Fsp3) is 0.318. The number of carbonyl (C=O) groups is 2. The molecule has 1 aromatic carbocycles. The molecular weight excluding hydrogens is 377 g/mol. The van der Waals surface area contributed by atoms with Crippen molar-refractivity contribution in [3.63, 3.8) is 0 Å². The molecule has 29 heavy (non-hydrogen) atoms. The van der Waals surface area contributed by atoms with E-state index in [0.29, 0.717) is 0 Å². The smallest absolute Gasteiger partial charge is 0.345 e. The molecule has 0 amide bonds. The van der Waals surface area contributed by atoms with Crippen molar-refractivity contribution in [2.75, 3.05) is 13.2 Å². The molecule has 0 spiro atoms. The molecule has 1 aliphatic rings. The van der Waals surface area contributed by atoms with E-state index in [4.69, 9.17) is 14.2 Å². The summed E-state index contributed by atoms with van der Waals surface area (Å²) in [5.74, 6) is -2.50. The van der Waals surface area contributed by atoms with E-state index in [1.54, 1.807) is 13.8 Å². The normalized spacial score (nSPS) is 13.7. The van der Waals surface area contributed by atoms with E-state index >= 15 is 0 Å². The number of aromatic nitrogens is 1. The molecule has 7 heteroatoms. The Morgan fingerprint density at radius 3 is 2.48 bits per heavy atom. The second kappa shape index (κ2) is 9.32. The second-order valence-corrected chi connectivity index (χ2v) is 6.46. The lowest BCUT2D eigenvalue weighted by molar-refractivity contribution is -0.138. The average molecular weight is 399 g/mol. The first-order valence-electron chi connectivity index (χ1n) is 9.46. The molecular formula is C22H22FNO5. The minimum atomic E-state index is -0.997. The predicted octanol–water partition coefficient (Wildman–Crippen LogP) is 3.43. The minimum Gasteiger partial charge on any atom is -0.500 e. The lowest BCUT2D eigenvalue weighted by atomic mass is 10.1. The van der Waals surface area contributed by atoms with Gasteiger partial charge >= 0.3 is 5.97 Å². The molecule has 0 bridgehead atoms. The standard InChI is InChI=1S/C22H22FNO5/c1-3-27-13-19(22(26)28-4-2)20(25)18-11-17(12-24-21(18)23)29-16-9-14-7-5-6-8-15(14)10-16/h5-8,11-13,16H,3-4,9-10H2,1-2H3/b19-13-. The monoisotopic (exact) mass is 399 g/mol. The summed E-state index contributed by atoms with van der Waals surface area (Å²) in [7, 11) is 0. The van der Waals surface area contributed by atoms with Crippen LogP contribution in [-0.4, -0.2) is 36.1 Å². The molecule has 0 N–H and O–H groups in total. The van der Waals surface area contributed by atoms with Gasteiger partial charge in [-0.15, -0.1) is 0 Å². The first-order chi connectivity index (χ1) is 14.0. The molecule has 0 saturated carbocycles. The van der Waals surface area contributed by atoms with Crippen LogP contribution in [0.1, 0.15) is 35.3 Å². The summed E-state index contributed by atoms with van der Waals surface area (Å²) in [5, 5.41) is 0. The van der Waals surface area contributed by atoms with Gasteiger partial charge in [0.2, 0.25) is 11.7 Å². The number of benzene rings is 1. The molecule has 1 heterocycles. The third kappa shape index (κ3) is 4.80. The topological polar surface area (TPSA) is 74.7 Å². The maximum Gasteiger partial charge on any atom is 0.345 e. The zero-order chi connectivity index (χ0) is 20.8. The minimum absolute atomic E-state index is 0.0711. The van der Waals surface area contributed by atoms with Gasteiger partial charge in [0.05, 0.1) is 25.0 Å². The summed E-state index contributed by atoms with van der Waals surface area (Å²) >= 11 is 0. The molecule has 0 atom stereocenters. The van der Waals surface area contributed by atoms with Crippen LogP contribution in [0, 0.1) is 5.95 Å². The van der Waals surface area contributed by atoms with Crippen LogP contribution in [0.4, 0.5) is 4.39 Å². The number of hydrogen-bond acceptors (Lipinski definition) is 6. The fourth-order valence-electron chi connectivity index (χ4n) is 3.16. The van der Waals surface area contributed by atoms with Gasteiger partial charge in [0, 0.05) is 12.8 Å². The molecule has 1 aliphatic carbocycles. The Morgan fingerprint density at radius 2 is 1.86 bits per heavy atom. The average Bonchev–Trinajstić information content (AvgIpc) is 3.12. The summed E-state index contributed by atoms with van der Waals surface area (Å²) in [6.07, 6.45) is 3.52. The molecule has 3 rings (SSSR count). The summed E-state index contributed by atoms with van der Waals surface area (Å²) in [6.45, 7) is 3.61. The Hall–Kier alpha value is -3.22. The maximum absolute atomic E-state index is 14.3. The van der Waals surface area contributed by atoms with Crippen molar-refractivity contribution in [2.24, 2.45) is 0 Å². The van der Waals surface area contributed by atoms with Crippen LogP contribution >= 0.6 is 0 Å². The van der Waals surface area contributed by atoms with Gasteiger partial charge in [-0.3, -0.25) is 4.79 Å². The summed E-state index contributed by atoms with van der Waals surface area (Å²) in [6, 6.07) is 9.28. The second-order valence-electron chi connectivity index (χ2n) is 6.46. The fourth-order valence-corrected chi connectivity index (χ4v) is 3.16. The zero-order valence-corrected chi connectivity index (χ0v) is 16.3. The van der Waals surface area contributed by atoms with Crippen molar-refractivity contribution in [3.8, 4) is 5.75 Å². The molecule has 1 aromatic heterocycles. The maximum atomic E-state index is 14.3. The van der Waals surface area contributed by atoms with Crippen molar-refractivity contribution >= 4 is 11.8 Å². The number of rotatable bonds is 8. The quantitative estimate of drug-likeness (QED) is 0.129. The van der Waals surface area contributed by atoms with Gasteiger partial charge in [0.15, 0.2) is 0 Å². The summed E-state index contributed by atoms with van der Waals surface area (Å²) in [4.78, 5) is 28.5. The highest BCUT2D eigenvalue weighted by Gasteiger charge is 2.27.